The van der Waals surface area contributed by atoms with Crippen molar-refractivity contribution < 1.29 is 0 Å². The Kier molecular flexibility index (Phi) is 3.77. The summed E-state index contributed by atoms with van der Waals surface area (Å²) in [6.07, 6.45) is 6.20. The maximum Gasteiger partial charge on any atom is 0.0416 e. The molecule has 1 aliphatic rings. The van der Waals surface area contributed by atoms with Gasteiger partial charge in [-0.15, -0.1) is 0 Å². The molecule has 1 fully saturated rings. The summed E-state index contributed by atoms with van der Waals surface area (Å²) in [4.78, 5) is 4.33. The summed E-state index contributed by atoms with van der Waals surface area (Å²) in [6, 6.07) is 0. The Morgan fingerprint density at radius 1 is 1.33 bits per heavy atom. The third-order valence-electron chi connectivity index (χ3n) is 2.87. The third-order valence-corrected chi connectivity index (χ3v) is 2.87. The van der Waals surface area contributed by atoms with Crippen LogP contribution in [0.2, 0.25) is 0 Å². The summed E-state index contributed by atoms with van der Waals surface area (Å²) in [5.41, 5.74) is 0. The highest BCUT2D eigenvalue weighted by Gasteiger charge is 2.30. The Bertz CT molecular complexity index is 149. The van der Waals surface area contributed by atoms with Crippen molar-refractivity contribution in [2.45, 2.75) is 40.0 Å². The van der Waals surface area contributed by atoms with E-state index in [0.717, 1.165) is 24.3 Å². The minimum atomic E-state index is 0.864. The standard InChI is InChI=1S/C11H21N/c1-4-12-8-11-6-5-10(11)7-9(2)3/h4,9-11H,5-8H2,1-3H3. The van der Waals surface area contributed by atoms with E-state index in [1.807, 2.05) is 13.1 Å². The van der Waals surface area contributed by atoms with Gasteiger partial charge in [0.05, 0.1) is 0 Å². The van der Waals surface area contributed by atoms with Gasteiger partial charge in [-0.1, -0.05) is 13.8 Å². The average molecular weight is 167 g/mol. The Morgan fingerprint density at radius 2 is 2.00 bits per heavy atom. The van der Waals surface area contributed by atoms with Crippen LogP contribution in [0.3, 0.4) is 0 Å². The average Bonchev–Trinajstić information content (AvgIpc) is 1.99. The number of rotatable bonds is 4. The number of aliphatic imine (C=N–C) groups is 1. The van der Waals surface area contributed by atoms with E-state index in [4.69, 9.17) is 0 Å². The van der Waals surface area contributed by atoms with E-state index in [-0.39, 0.29) is 0 Å². The van der Waals surface area contributed by atoms with Gasteiger partial charge in [-0.05, 0) is 50.2 Å². The molecule has 0 aromatic carbocycles. The summed E-state index contributed by atoms with van der Waals surface area (Å²) in [5, 5.41) is 0. The summed E-state index contributed by atoms with van der Waals surface area (Å²) in [5.74, 6) is 2.75. The van der Waals surface area contributed by atoms with Crippen LogP contribution in [0.5, 0.6) is 0 Å². The second-order valence-corrected chi connectivity index (χ2v) is 4.35. The van der Waals surface area contributed by atoms with Gasteiger partial charge in [0.2, 0.25) is 0 Å². The van der Waals surface area contributed by atoms with Gasteiger partial charge in [0.15, 0.2) is 0 Å². The molecule has 0 amide bonds. The highest BCUT2D eigenvalue weighted by Crippen LogP contribution is 2.38. The SMILES string of the molecule is CC=NCC1CCC1CC(C)C. The van der Waals surface area contributed by atoms with E-state index in [1.165, 1.54) is 19.3 Å². The van der Waals surface area contributed by atoms with Crippen LogP contribution in [0, 0.1) is 17.8 Å². The molecule has 1 rings (SSSR count). The molecule has 2 unspecified atom stereocenters. The van der Waals surface area contributed by atoms with Gasteiger partial charge in [0, 0.05) is 6.54 Å². The maximum atomic E-state index is 4.33. The Morgan fingerprint density at radius 3 is 2.42 bits per heavy atom. The number of nitrogens with zero attached hydrogens (tertiary/aromatic N) is 1. The zero-order valence-electron chi connectivity index (χ0n) is 8.59. The lowest BCUT2D eigenvalue weighted by Gasteiger charge is -2.36. The molecule has 70 valence electrons. The van der Waals surface area contributed by atoms with Gasteiger partial charge in [-0.25, -0.2) is 0 Å². The molecule has 0 aliphatic heterocycles. The predicted octanol–water partition coefficient (Wildman–Crippen LogP) is 3.15. The molecule has 0 saturated heterocycles. The number of hydrogen-bond acceptors (Lipinski definition) is 1. The first-order valence-electron chi connectivity index (χ1n) is 5.18. The quantitative estimate of drug-likeness (QED) is 0.570. The molecule has 2 atom stereocenters. The van der Waals surface area contributed by atoms with Crippen molar-refractivity contribution in [2.75, 3.05) is 6.54 Å². The van der Waals surface area contributed by atoms with Gasteiger partial charge in [-0.2, -0.15) is 0 Å². The van der Waals surface area contributed by atoms with E-state index in [1.54, 1.807) is 0 Å². The van der Waals surface area contributed by atoms with Crippen LogP contribution in [-0.4, -0.2) is 12.8 Å². The van der Waals surface area contributed by atoms with Gasteiger partial charge in [0.1, 0.15) is 0 Å². The van der Waals surface area contributed by atoms with Crippen molar-refractivity contribution in [1.82, 2.24) is 0 Å². The van der Waals surface area contributed by atoms with Crippen LogP contribution in [0.25, 0.3) is 0 Å². The van der Waals surface area contributed by atoms with Crippen LogP contribution in [0.15, 0.2) is 4.99 Å². The number of hydrogen-bond donors (Lipinski definition) is 0. The second kappa shape index (κ2) is 4.64. The fraction of sp³-hybridized carbons (Fsp3) is 0.909. The Hall–Kier alpha value is -0.330. The summed E-state index contributed by atoms with van der Waals surface area (Å²) < 4.78 is 0. The third kappa shape index (κ3) is 2.62. The Balaban J connectivity index is 2.19. The fourth-order valence-electron chi connectivity index (χ4n) is 2.04. The Labute approximate surface area is 76.3 Å². The molecule has 0 heterocycles. The predicted molar refractivity (Wildman–Crippen MR) is 54.7 cm³/mol. The van der Waals surface area contributed by atoms with Crippen LogP contribution in [0.1, 0.15) is 40.0 Å². The van der Waals surface area contributed by atoms with Gasteiger partial charge in [-0.3, -0.25) is 4.99 Å². The second-order valence-electron chi connectivity index (χ2n) is 4.35. The van der Waals surface area contributed by atoms with Crippen molar-refractivity contribution in [3.05, 3.63) is 0 Å². The maximum absolute atomic E-state index is 4.33. The molecule has 12 heavy (non-hydrogen) atoms. The normalized spacial score (nSPS) is 29.7. The molecule has 0 aromatic heterocycles. The van der Waals surface area contributed by atoms with Crippen LogP contribution in [-0.2, 0) is 0 Å². The van der Waals surface area contributed by atoms with Crippen LogP contribution in [0.4, 0.5) is 0 Å². The molecule has 1 heteroatoms. The minimum Gasteiger partial charge on any atom is -0.298 e. The van der Waals surface area contributed by atoms with Crippen molar-refractivity contribution in [2.24, 2.45) is 22.7 Å². The van der Waals surface area contributed by atoms with Crippen molar-refractivity contribution in [1.29, 1.82) is 0 Å². The molecule has 1 nitrogen and oxygen atoms in total. The van der Waals surface area contributed by atoms with E-state index < -0.39 is 0 Å². The van der Waals surface area contributed by atoms with Crippen LogP contribution >= 0.6 is 0 Å². The van der Waals surface area contributed by atoms with Crippen molar-refractivity contribution in [3.8, 4) is 0 Å². The first-order chi connectivity index (χ1) is 5.74. The molecular weight excluding hydrogens is 146 g/mol. The van der Waals surface area contributed by atoms with E-state index in [2.05, 4.69) is 18.8 Å². The lowest BCUT2D eigenvalue weighted by atomic mass is 9.70. The molecule has 0 aromatic rings. The molecule has 0 radical (unpaired) electrons. The van der Waals surface area contributed by atoms with Gasteiger partial charge >= 0.3 is 0 Å². The molecular formula is C11H21N. The zero-order valence-corrected chi connectivity index (χ0v) is 8.59. The lowest BCUT2D eigenvalue weighted by molar-refractivity contribution is 0.155. The molecule has 0 bridgehead atoms. The van der Waals surface area contributed by atoms with Crippen molar-refractivity contribution >= 4 is 6.21 Å². The van der Waals surface area contributed by atoms with Gasteiger partial charge in [0.25, 0.3) is 0 Å². The monoisotopic (exact) mass is 167 g/mol. The minimum absolute atomic E-state index is 0.864. The summed E-state index contributed by atoms with van der Waals surface area (Å²) in [6.45, 7) is 7.72. The molecule has 0 spiro atoms. The highest BCUT2D eigenvalue weighted by atomic mass is 14.7. The summed E-state index contributed by atoms with van der Waals surface area (Å²) >= 11 is 0. The first kappa shape index (κ1) is 9.76. The van der Waals surface area contributed by atoms with Crippen LogP contribution < -0.4 is 0 Å². The molecule has 1 aliphatic carbocycles. The summed E-state index contributed by atoms with van der Waals surface area (Å²) in [7, 11) is 0. The molecule has 0 N–H and O–H groups in total. The lowest BCUT2D eigenvalue weighted by Crippen LogP contribution is -2.29. The zero-order chi connectivity index (χ0) is 8.97. The smallest absolute Gasteiger partial charge is 0.0416 e. The topological polar surface area (TPSA) is 12.4 Å². The van der Waals surface area contributed by atoms with E-state index in [9.17, 15) is 0 Å². The first-order valence-corrected chi connectivity index (χ1v) is 5.18. The highest BCUT2D eigenvalue weighted by molar-refractivity contribution is 5.53. The van der Waals surface area contributed by atoms with E-state index in [0.29, 0.717) is 0 Å². The molecule has 1 saturated carbocycles. The van der Waals surface area contributed by atoms with Gasteiger partial charge < -0.3 is 0 Å². The largest absolute Gasteiger partial charge is 0.298 e. The van der Waals surface area contributed by atoms with E-state index >= 15 is 0 Å². The van der Waals surface area contributed by atoms with Crippen molar-refractivity contribution in [3.63, 3.8) is 0 Å². The fourth-order valence-corrected chi connectivity index (χ4v) is 2.04.